The Morgan fingerprint density at radius 1 is 1.04 bits per heavy atom. The van der Waals surface area contributed by atoms with Crippen LogP contribution in [0.2, 0.25) is 5.02 Å². The third kappa shape index (κ3) is 4.02. The number of nitrogen functional groups attached to an aromatic ring is 1. The number of hydrogen-bond acceptors (Lipinski definition) is 8. The van der Waals surface area contributed by atoms with Gasteiger partial charge in [-0.15, -0.1) is 0 Å². The molecule has 1 aromatic carbocycles. The first kappa shape index (κ1) is 18.5. The Morgan fingerprint density at radius 3 is 2.68 bits per heavy atom. The minimum Gasteiger partial charge on any atom is -0.488 e. The third-order valence-corrected chi connectivity index (χ3v) is 4.76. The van der Waals surface area contributed by atoms with Crippen LogP contribution >= 0.6 is 11.6 Å². The maximum atomic E-state index is 6.23. The summed E-state index contributed by atoms with van der Waals surface area (Å²) in [6.45, 7) is 4.22. The number of nitrogens with one attached hydrogen (secondary N) is 1. The molecule has 1 aliphatic heterocycles. The minimum absolute atomic E-state index is 0.324. The van der Waals surface area contributed by atoms with Crippen LogP contribution in [0.5, 0.6) is 11.6 Å². The van der Waals surface area contributed by atoms with Crippen molar-refractivity contribution in [1.82, 2.24) is 20.3 Å². The lowest BCUT2D eigenvalue weighted by molar-refractivity contribution is 0.213. The lowest BCUT2D eigenvalue weighted by Gasteiger charge is -2.28. The molecule has 3 aromatic rings. The van der Waals surface area contributed by atoms with E-state index < -0.39 is 0 Å². The number of aromatic nitrogens is 3. The van der Waals surface area contributed by atoms with Gasteiger partial charge in [0.15, 0.2) is 5.82 Å². The van der Waals surface area contributed by atoms with Crippen LogP contribution < -0.4 is 25.4 Å². The molecule has 8 nitrogen and oxygen atoms in total. The number of nitrogens with zero attached hydrogens (tertiary/aromatic N) is 4. The van der Waals surface area contributed by atoms with Crippen molar-refractivity contribution in [1.29, 1.82) is 0 Å². The molecule has 3 heterocycles. The average Bonchev–Trinajstić information content (AvgIpc) is 2.73. The van der Waals surface area contributed by atoms with Gasteiger partial charge in [0.2, 0.25) is 0 Å². The van der Waals surface area contributed by atoms with Gasteiger partial charge in [-0.25, -0.2) is 15.0 Å². The number of rotatable bonds is 6. The molecule has 0 atom stereocenters. The molecule has 146 valence electrons. The van der Waals surface area contributed by atoms with Crippen molar-refractivity contribution in [3.63, 3.8) is 0 Å². The van der Waals surface area contributed by atoms with E-state index in [1.54, 1.807) is 30.6 Å². The molecule has 4 rings (SSSR count). The lowest BCUT2D eigenvalue weighted by atomic mass is 10.2. The summed E-state index contributed by atoms with van der Waals surface area (Å²) >= 11 is 6.23. The Bertz CT molecular complexity index is 964. The summed E-state index contributed by atoms with van der Waals surface area (Å²) in [5, 5.41) is 4.72. The van der Waals surface area contributed by atoms with Crippen LogP contribution in [0.4, 0.5) is 11.6 Å². The van der Waals surface area contributed by atoms with Crippen molar-refractivity contribution < 1.29 is 9.47 Å². The van der Waals surface area contributed by atoms with Crippen molar-refractivity contribution in [3.05, 3.63) is 41.7 Å². The average molecular weight is 401 g/mol. The summed E-state index contributed by atoms with van der Waals surface area (Å²) in [4.78, 5) is 15.3. The van der Waals surface area contributed by atoms with E-state index in [9.17, 15) is 0 Å². The van der Waals surface area contributed by atoms with Crippen molar-refractivity contribution >= 4 is 34.1 Å². The number of fused-ring (bicyclic) bond motifs is 1. The van der Waals surface area contributed by atoms with E-state index in [0.29, 0.717) is 41.2 Å². The normalized spacial score (nSPS) is 14.2. The highest BCUT2D eigenvalue weighted by atomic mass is 35.5. The number of nitrogens with two attached hydrogens (primary N) is 1. The lowest BCUT2D eigenvalue weighted by Crippen LogP contribution is -2.44. The fraction of sp³-hybridized carbons (Fsp3) is 0.316. The molecular weight excluding hydrogens is 380 g/mol. The zero-order valence-electron chi connectivity index (χ0n) is 15.3. The smallest absolute Gasteiger partial charge is 0.257 e. The zero-order valence-corrected chi connectivity index (χ0v) is 16.0. The van der Waals surface area contributed by atoms with Gasteiger partial charge in [-0.05, 0) is 24.3 Å². The third-order valence-electron chi connectivity index (χ3n) is 4.43. The van der Waals surface area contributed by atoms with Gasteiger partial charge in [0.1, 0.15) is 30.3 Å². The standard InChI is InChI=1S/C19H21ClN6O2/c20-14-2-3-15(17-13(14)1-4-16(21)25-17)27-11-12-28-19-18(23-5-6-24-19)26-9-7-22-8-10-26/h1-6,22H,7-12H2,(H2,21,25). The predicted molar refractivity (Wildman–Crippen MR) is 109 cm³/mol. The van der Waals surface area contributed by atoms with Crippen molar-refractivity contribution in [2.75, 3.05) is 50.0 Å². The summed E-state index contributed by atoms with van der Waals surface area (Å²) in [5.41, 5.74) is 6.44. The highest BCUT2D eigenvalue weighted by Crippen LogP contribution is 2.30. The number of anilines is 2. The zero-order chi connectivity index (χ0) is 19.3. The van der Waals surface area contributed by atoms with Gasteiger partial charge < -0.3 is 25.4 Å². The highest BCUT2D eigenvalue weighted by Gasteiger charge is 2.17. The molecule has 0 unspecified atom stereocenters. The quantitative estimate of drug-likeness (QED) is 0.607. The molecule has 9 heteroatoms. The maximum Gasteiger partial charge on any atom is 0.257 e. The van der Waals surface area contributed by atoms with E-state index in [4.69, 9.17) is 26.8 Å². The molecule has 28 heavy (non-hydrogen) atoms. The van der Waals surface area contributed by atoms with Crippen LogP contribution in [0.3, 0.4) is 0 Å². The van der Waals surface area contributed by atoms with E-state index in [0.717, 1.165) is 37.4 Å². The second kappa shape index (κ2) is 8.45. The van der Waals surface area contributed by atoms with Crippen LogP contribution in [0.15, 0.2) is 36.7 Å². The van der Waals surface area contributed by atoms with E-state index in [-0.39, 0.29) is 0 Å². The molecule has 0 saturated carbocycles. The second-order valence-corrected chi connectivity index (χ2v) is 6.70. The van der Waals surface area contributed by atoms with E-state index >= 15 is 0 Å². The van der Waals surface area contributed by atoms with Gasteiger partial charge in [0.05, 0.1) is 5.02 Å². The van der Waals surface area contributed by atoms with E-state index in [2.05, 4.69) is 25.2 Å². The number of benzene rings is 1. The van der Waals surface area contributed by atoms with Crippen molar-refractivity contribution in [3.8, 4) is 11.6 Å². The first-order valence-electron chi connectivity index (χ1n) is 9.09. The van der Waals surface area contributed by atoms with Gasteiger partial charge in [-0.3, -0.25) is 0 Å². The summed E-state index contributed by atoms with van der Waals surface area (Å²) in [6.07, 6.45) is 3.30. The maximum absolute atomic E-state index is 6.23. The van der Waals surface area contributed by atoms with Gasteiger partial charge in [-0.2, -0.15) is 0 Å². The van der Waals surface area contributed by atoms with E-state index in [1.165, 1.54) is 0 Å². The molecule has 1 fully saturated rings. The number of pyridine rings is 1. The number of piperazine rings is 1. The SMILES string of the molecule is Nc1ccc2c(Cl)ccc(OCCOc3nccnc3N3CCNCC3)c2n1. The van der Waals surface area contributed by atoms with Crippen molar-refractivity contribution in [2.45, 2.75) is 0 Å². The molecule has 0 spiro atoms. The molecule has 3 N–H and O–H groups in total. The first-order valence-corrected chi connectivity index (χ1v) is 9.47. The summed E-state index contributed by atoms with van der Waals surface area (Å²) < 4.78 is 11.7. The fourth-order valence-corrected chi connectivity index (χ4v) is 3.31. The Kier molecular flexibility index (Phi) is 5.59. The topological polar surface area (TPSA) is 98.4 Å². The minimum atomic E-state index is 0.324. The summed E-state index contributed by atoms with van der Waals surface area (Å²) in [7, 11) is 0. The molecule has 0 radical (unpaired) electrons. The monoisotopic (exact) mass is 400 g/mol. The van der Waals surface area contributed by atoms with Gasteiger partial charge in [0, 0.05) is 44.0 Å². The Balaban J connectivity index is 1.41. The predicted octanol–water partition coefficient (Wildman–Crippen LogP) is 2.13. The van der Waals surface area contributed by atoms with E-state index in [1.807, 2.05) is 6.07 Å². The van der Waals surface area contributed by atoms with Crippen LogP contribution in [0.1, 0.15) is 0 Å². The van der Waals surface area contributed by atoms with Crippen molar-refractivity contribution in [2.24, 2.45) is 0 Å². The summed E-state index contributed by atoms with van der Waals surface area (Å²) in [5.74, 6) is 2.29. The van der Waals surface area contributed by atoms with Gasteiger partial charge in [0.25, 0.3) is 5.88 Å². The van der Waals surface area contributed by atoms with Crippen LogP contribution in [-0.4, -0.2) is 54.3 Å². The second-order valence-electron chi connectivity index (χ2n) is 6.30. The molecule has 2 aromatic heterocycles. The Morgan fingerprint density at radius 2 is 1.82 bits per heavy atom. The van der Waals surface area contributed by atoms with Crippen LogP contribution in [0, 0.1) is 0 Å². The van der Waals surface area contributed by atoms with Crippen LogP contribution in [-0.2, 0) is 0 Å². The molecular formula is C19H21ClN6O2. The molecule has 0 bridgehead atoms. The molecule has 0 amide bonds. The summed E-state index contributed by atoms with van der Waals surface area (Å²) in [6, 6.07) is 7.12. The first-order chi connectivity index (χ1) is 13.7. The Labute approximate surface area is 167 Å². The number of hydrogen-bond donors (Lipinski definition) is 2. The Hall–Kier alpha value is -2.84. The number of ether oxygens (including phenoxy) is 2. The molecule has 0 aliphatic carbocycles. The largest absolute Gasteiger partial charge is 0.488 e. The van der Waals surface area contributed by atoms with Gasteiger partial charge >= 0.3 is 0 Å². The number of halogens is 1. The van der Waals surface area contributed by atoms with Gasteiger partial charge in [-0.1, -0.05) is 11.6 Å². The molecule has 1 saturated heterocycles. The fourth-order valence-electron chi connectivity index (χ4n) is 3.09. The highest BCUT2D eigenvalue weighted by molar-refractivity contribution is 6.35. The van der Waals surface area contributed by atoms with Crippen LogP contribution in [0.25, 0.3) is 10.9 Å². The molecule has 1 aliphatic rings.